The van der Waals surface area contributed by atoms with Gasteiger partial charge in [0.2, 0.25) is 0 Å². The second-order valence-corrected chi connectivity index (χ2v) is 6.27. The van der Waals surface area contributed by atoms with E-state index in [1.54, 1.807) is 12.8 Å². The minimum Gasteiger partial charge on any atom is -0.122 e. The van der Waals surface area contributed by atoms with E-state index in [9.17, 15) is 0 Å². The predicted octanol–water partition coefficient (Wildman–Crippen LogP) is 3.43. The van der Waals surface area contributed by atoms with Crippen LogP contribution in [0.4, 0.5) is 0 Å². The van der Waals surface area contributed by atoms with E-state index in [1.165, 1.54) is 4.90 Å². The maximum absolute atomic E-state index is 2.26. The highest BCUT2D eigenvalue weighted by Gasteiger charge is 2.67. The van der Waals surface area contributed by atoms with Gasteiger partial charge in [0.05, 0.1) is 0 Å². The summed E-state index contributed by atoms with van der Waals surface area (Å²) in [4.78, 5) is 1.48. The van der Waals surface area contributed by atoms with Crippen LogP contribution in [0.2, 0.25) is 0 Å². The number of fused-ring (bicyclic) bond motifs is 3. The lowest BCUT2D eigenvalue weighted by Crippen LogP contribution is -2.05. The van der Waals surface area contributed by atoms with Gasteiger partial charge in [-0.2, -0.15) is 0 Å². The molecule has 3 fully saturated rings. The molecule has 4 rings (SSSR count). The van der Waals surface area contributed by atoms with Gasteiger partial charge in [0.1, 0.15) is 0 Å². The van der Waals surface area contributed by atoms with Crippen LogP contribution in [0.15, 0.2) is 35.2 Å². The van der Waals surface area contributed by atoms with E-state index in [2.05, 4.69) is 42.1 Å². The Bertz CT molecular complexity index is 343. The molecule has 0 spiro atoms. The third-order valence-electron chi connectivity index (χ3n) is 4.19. The van der Waals surface area contributed by atoms with Crippen molar-refractivity contribution in [2.75, 3.05) is 0 Å². The van der Waals surface area contributed by atoms with Gasteiger partial charge in [0, 0.05) is 10.1 Å². The summed E-state index contributed by atoms with van der Waals surface area (Å²) in [7, 11) is 0. The predicted molar refractivity (Wildman–Crippen MR) is 59.3 cm³/mol. The van der Waals surface area contributed by atoms with E-state index < -0.39 is 0 Å². The molecule has 3 aliphatic rings. The van der Waals surface area contributed by atoms with Crippen molar-refractivity contribution < 1.29 is 0 Å². The maximum Gasteiger partial charge on any atom is 0.0157 e. The molecule has 14 heavy (non-hydrogen) atoms. The minimum absolute atomic E-state index is 0.979. The lowest BCUT2D eigenvalue weighted by Gasteiger charge is -2.12. The minimum atomic E-state index is 0.979. The van der Waals surface area contributed by atoms with Gasteiger partial charge in [0.25, 0.3) is 0 Å². The van der Waals surface area contributed by atoms with Gasteiger partial charge in [-0.05, 0) is 48.6 Å². The van der Waals surface area contributed by atoms with Gasteiger partial charge in [-0.15, -0.1) is 11.8 Å². The molecule has 1 aromatic carbocycles. The molecular formula is C13H14S. The standard InChI is InChI=1S/C13H14S/c1-2-4-8(5-3-1)14-13-11-6-9(11)10-7-12(10)13/h1-5,9-13H,6-7H2/t9-,10-,11-,12-/m1/s1. The Morgan fingerprint density at radius 3 is 2.14 bits per heavy atom. The van der Waals surface area contributed by atoms with Gasteiger partial charge >= 0.3 is 0 Å². The van der Waals surface area contributed by atoms with Crippen LogP contribution in [0.5, 0.6) is 0 Å². The fourth-order valence-corrected chi connectivity index (χ4v) is 4.96. The number of thioether (sulfide) groups is 1. The molecule has 0 radical (unpaired) electrons. The summed E-state index contributed by atoms with van der Waals surface area (Å²) in [5.41, 5.74) is 0. The highest BCUT2D eigenvalue weighted by atomic mass is 32.2. The van der Waals surface area contributed by atoms with Gasteiger partial charge in [-0.25, -0.2) is 0 Å². The molecule has 0 aliphatic heterocycles. The summed E-state index contributed by atoms with van der Waals surface area (Å²) in [5, 5.41) is 0.979. The Labute approximate surface area is 89.1 Å². The average molecular weight is 202 g/mol. The number of benzene rings is 1. The molecule has 1 aromatic rings. The zero-order chi connectivity index (χ0) is 9.12. The second-order valence-electron chi connectivity index (χ2n) is 5.02. The average Bonchev–Trinajstić information content (AvgIpc) is 3.10. The molecule has 0 amide bonds. The first-order valence-corrected chi connectivity index (χ1v) is 6.53. The normalized spacial score (nSPS) is 47.0. The fraction of sp³-hybridized carbons (Fsp3) is 0.538. The summed E-state index contributed by atoms with van der Waals surface area (Å²) in [6.07, 6.45) is 3.09. The molecule has 3 saturated carbocycles. The van der Waals surface area contributed by atoms with Crippen LogP contribution in [-0.2, 0) is 0 Å². The van der Waals surface area contributed by atoms with Crippen LogP contribution in [0, 0.1) is 23.7 Å². The molecule has 4 atom stereocenters. The number of hydrogen-bond acceptors (Lipinski definition) is 1. The van der Waals surface area contributed by atoms with E-state index in [0.717, 1.165) is 28.9 Å². The van der Waals surface area contributed by atoms with Crippen molar-refractivity contribution in [1.82, 2.24) is 0 Å². The third kappa shape index (κ3) is 1.02. The van der Waals surface area contributed by atoms with Crippen LogP contribution in [-0.4, -0.2) is 5.25 Å². The monoisotopic (exact) mass is 202 g/mol. The smallest absolute Gasteiger partial charge is 0.0157 e. The molecular weight excluding hydrogens is 188 g/mol. The first-order chi connectivity index (χ1) is 6.93. The van der Waals surface area contributed by atoms with E-state index in [4.69, 9.17) is 0 Å². The Hall–Kier alpha value is -0.430. The quantitative estimate of drug-likeness (QED) is 0.708. The molecule has 0 saturated heterocycles. The summed E-state index contributed by atoms with van der Waals surface area (Å²) in [6, 6.07) is 11.0. The van der Waals surface area contributed by atoms with Crippen LogP contribution in [0.3, 0.4) is 0 Å². The molecule has 1 heteroatoms. The Kier molecular flexibility index (Phi) is 1.44. The van der Waals surface area contributed by atoms with Gasteiger partial charge < -0.3 is 0 Å². The van der Waals surface area contributed by atoms with E-state index in [0.29, 0.717) is 0 Å². The van der Waals surface area contributed by atoms with Crippen molar-refractivity contribution in [3.05, 3.63) is 30.3 Å². The van der Waals surface area contributed by atoms with Crippen LogP contribution in [0.25, 0.3) is 0 Å². The Morgan fingerprint density at radius 1 is 0.857 bits per heavy atom. The zero-order valence-corrected chi connectivity index (χ0v) is 8.91. The van der Waals surface area contributed by atoms with Gasteiger partial charge in [-0.1, -0.05) is 18.2 Å². The number of hydrogen-bond donors (Lipinski definition) is 0. The van der Waals surface area contributed by atoms with Crippen LogP contribution < -0.4 is 0 Å². The highest BCUT2D eigenvalue weighted by Crippen LogP contribution is 2.72. The molecule has 0 N–H and O–H groups in total. The summed E-state index contributed by atoms with van der Waals surface area (Å²) in [6.45, 7) is 0. The Balaban J connectivity index is 1.55. The molecule has 72 valence electrons. The first-order valence-electron chi connectivity index (χ1n) is 5.65. The van der Waals surface area contributed by atoms with Gasteiger partial charge in [-0.3, -0.25) is 0 Å². The lowest BCUT2D eigenvalue weighted by molar-refractivity contribution is 0.709. The molecule has 0 aromatic heterocycles. The molecule has 0 heterocycles. The van der Waals surface area contributed by atoms with Crippen molar-refractivity contribution in [2.24, 2.45) is 23.7 Å². The largest absolute Gasteiger partial charge is 0.122 e. The Morgan fingerprint density at radius 2 is 1.50 bits per heavy atom. The van der Waals surface area contributed by atoms with Crippen molar-refractivity contribution >= 4 is 11.8 Å². The van der Waals surface area contributed by atoms with Crippen LogP contribution in [0.1, 0.15) is 12.8 Å². The van der Waals surface area contributed by atoms with Gasteiger partial charge in [0.15, 0.2) is 0 Å². The summed E-state index contributed by atoms with van der Waals surface area (Å²) >= 11 is 2.15. The van der Waals surface area contributed by atoms with E-state index in [1.807, 2.05) is 0 Å². The molecule has 3 aliphatic carbocycles. The zero-order valence-electron chi connectivity index (χ0n) is 8.10. The molecule has 0 bridgehead atoms. The van der Waals surface area contributed by atoms with Crippen molar-refractivity contribution in [3.8, 4) is 0 Å². The van der Waals surface area contributed by atoms with Crippen molar-refractivity contribution in [3.63, 3.8) is 0 Å². The maximum atomic E-state index is 2.26. The topological polar surface area (TPSA) is 0 Å². The highest BCUT2D eigenvalue weighted by molar-refractivity contribution is 8.00. The summed E-state index contributed by atoms with van der Waals surface area (Å²) in [5.74, 6) is 4.51. The first kappa shape index (κ1) is 7.81. The fourth-order valence-electron chi connectivity index (χ4n) is 3.36. The number of rotatable bonds is 2. The second kappa shape index (κ2) is 2.57. The SMILES string of the molecule is c1ccc(SC2[C@@H]3C[C@@H]3[C@H]3C[C@@H]23)cc1. The lowest BCUT2D eigenvalue weighted by atomic mass is 10.2. The van der Waals surface area contributed by atoms with Crippen molar-refractivity contribution in [2.45, 2.75) is 23.0 Å². The van der Waals surface area contributed by atoms with E-state index in [-0.39, 0.29) is 0 Å². The van der Waals surface area contributed by atoms with Crippen molar-refractivity contribution in [1.29, 1.82) is 0 Å². The molecule has 0 unspecified atom stereocenters. The molecule has 0 nitrogen and oxygen atoms in total. The summed E-state index contributed by atoms with van der Waals surface area (Å²) < 4.78 is 0. The third-order valence-corrected chi connectivity index (χ3v) is 5.71. The van der Waals surface area contributed by atoms with E-state index >= 15 is 0 Å². The van der Waals surface area contributed by atoms with Crippen LogP contribution >= 0.6 is 11.8 Å².